The van der Waals surface area contributed by atoms with E-state index in [0.29, 0.717) is 6.42 Å². The first-order valence-corrected chi connectivity index (χ1v) is 12.3. The molecule has 1 N–H and O–H groups in total. The molecule has 0 saturated heterocycles. The lowest BCUT2D eigenvalue weighted by Crippen LogP contribution is -2.26. The topological polar surface area (TPSA) is 29.1 Å². The van der Waals surface area contributed by atoms with Crippen molar-refractivity contribution < 1.29 is 4.79 Å². The second-order valence-corrected chi connectivity index (χ2v) is 8.34. The summed E-state index contributed by atoms with van der Waals surface area (Å²) >= 11 is 0. The number of unbranched alkanes of at least 4 members (excludes halogenated alkanes) is 4. The van der Waals surface area contributed by atoms with E-state index in [1.165, 1.54) is 36.8 Å². The minimum Gasteiger partial charge on any atom is -0.349 e. The fourth-order valence-electron chi connectivity index (χ4n) is 3.91. The molecule has 0 saturated carbocycles. The van der Waals surface area contributed by atoms with Crippen LogP contribution in [0.5, 0.6) is 0 Å². The second-order valence-electron chi connectivity index (χ2n) is 8.34. The first kappa shape index (κ1) is 24.9. The van der Waals surface area contributed by atoms with Crippen LogP contribution >= 0.6 is 0 Å². The monoisotopic (exact) mass is 419 g/mol. The third kappa shape index (κ3) is 11.0. The van der Waals surface area contributed by atoms with Crippen LogP contribution in [-0.4, -0.2) is 5.91 Å². The molecule has 2 nitrogen and oxygen atoms in total. The SMILES string of the molecule is CCCCCC=CCC=CCC=CCC=CCCCC(=O)NC1CCc2ccccc21. The summed E-state index contributed by atoms with van der Waals surface area (Å²) in [5, 5.41) is 3.20. The fraction of sp³-hybridized carbons (Fsp3) is 0.483. The van der Waals surface area contributed by atoms with Crippen LogP contribution in [0.15, 0.2) is 72.9 Å². The number of rotatable bonds is 15. The summed E-state index contributed by atoms with van der Waals surface area (Å²) in [6, 6.07) is 8.67. The highest BCUT2D eigenvalue weighted by atomic mass is 16.1. The van der Waals surface area contributed by atoms with Gasteiger partial charge in [0.15, 0.2) is 0 Å². The van der Waals surface area contributed by atoms with E-state index in [1.807, 2.05) is 0 Å². The number of amides is 1. The van der Waals surface area contributed by atoms with Gasteiger partial charge in [-0.25, -0.2) is 0 Å². The van der Waals surface area contributed by atoms with E-state index in [1.54, 1.807) is 0 Å². The van der Waals surface area contributed by atoms with Crippen LogP contribution in [0.2, 0.25) is 0 Å². The fourth-order valence-corrected chi connectivity index (χ4v) is 3.91. The molecule has 1 aromatic rings. The van der Waals surface area contributed by atoms with Crippen molar-refractivity contribution in [2.24, 2.45) is 0 Å². The van der Waals surface area contributed by atoms with Gasteiger partial charge in [-0.2, -0.15) is 0 Å². The Hall–Kier alpha value is -2.35. The molecule has 1 amide bonds. The Morgan fingerprint density at radius 1 is 0.871 bits per heavy atom. The lowest BCUT2D eigenvalue weighted by atomic mass is 10.1. The minimum absolute atomic E-state index is 0.178. The Balaban J connectivity index is 1.45. The van der Waals surface area contributed by atoms with Gasteiger partial charge in [-0.15, -0.1) is 0 Å². The van der Waals surface area contributed by atoms with Crippen molar-refractivity contribution in [2.75, 3.05) is 0 Å². The van der Waals surface area contributed by atoms with Crippen molar-refractivity contribution in [1.29, 1.82) is 0 Å². The molecule has 0 spiro atoms. The molecule has 0 fully saturated rings. The van der Waals surface area contributed by atoms with Gasteiger partial charge < -0.3 is 5.32 Å². The number of allylic oxidation sites excluding steroid dienone is 8. The maximum atomic E-state index is 12.2. The molecule has 1 aliphatic rings. The quantitative estimate of drug-likeness (QED) is 0.227. The molecule has 1 atom stereocenters. The highest BCUT2D eigenvalue weighted by Crippen LogP contribution is 2.30. The van der Waals surface area contributed by atoms with Crippen molar-refractivity contribution in [3.63, 3.8) is 0 Å². The summed E-state index contributed by atoms with van der Waals surface area (Å²) in [5.41, 5.74) is 2.69. The van der Waals surface area contributed by atoms with Crippen LogP contribution in [0.4, 0.5) is 0 Å². The van der Waals surface area contributed by atoms with E-state index in [0.717, 1.165) is 44.9 Å². The number of carbonyl (C=O) groups is 1. The van der Waals surface area contributed by atoms with Gasteiger partial charge in [0.1, 0.15) is 0 Å². The molecule has 31 heavy (non-hydrogen) atoms. The molecular formula is C29H41NO. The van der Waals surface area contributed by atoms with E-state index < -0.39 is 0 Å². The van der Waals surface area contributed by atoms with Crippen LogP contribution in [-0.2, 0) is 11.2 Å². The number of hydrogen-bond acceptors (Lipinski definition) is 1. The van der Waals surface area contributed by atoms with E-state index in [2.05, 4.69) is 85.1 Å². The van der Waals surface area contributed by atoms with Gasteiger partial charge in [-0.05, 0) is 68.9 Å². The zero-order valence-electron chi connectivity index (χ0n) is 19.4. The van der Waals surface area contributed by atoms with Crippen LogP contribution in [0.1, 0.15) is 94.7 Å². The van der Waals surface area contributed by atoms with E-state index in [-0.39, 0.29) is 11.9 Å². The van der Waals surface area contributed by atoms with Crippen molar-refractivity contribution in [2.45, 2.75) is 90.0 Å². The number of fused-ring (bicyclic) bond motifs is 1. The van der Waals surface area contributed by atoms with Crippen molar-refractivity contribution in [3.05, 3.63) is 84.0 Å². The summed E-state index contributed by atoms with van der Waals surface area (Å²) in [6.45, 7) is 2.24. The van der Waals surface area contributed by atoms with Crippen LogP contribution in [0, 0.1) is 0 Å². The molecule has 0 aromatic heterocycles. The molecule has 1 aliphatic carbocycles. The van der Waals surface area contributed by atoms with Gasteiger partial charge in [0.2, 0.25) is 5.91 Å². The normalized spacial score (nSPS) is 16.2. The highest BCUT2D eigenvalue weighted by Gasteiger charge is 2.22. The molecule has 2 rings (SSSR count). The summed E-state index contributed by atoms with van der Waals surface area (Å²) < 4.78 is 0. The molecule has 0 radical (unpaired) electrons. The predicted molar refractivity (Wildman–Crippen MR) is 134 cm³/mol. The molecular weight excluding hydrogens is 378 g/mol. The van der Waals surface area contributed by atoms with Crippen LogP contribution < -0.4 is 5.32 Å². The maximum Gasteiger partial charge on any atom is 0.220 e. The molecule has 0 heterocycles. The zero-order valence-corrected chi connectivity index (χ0v) is 19.4. The molecule has 0 bridgehead atoms. The van der Waals surface area contributed by atoms with Crippen LogP contribution in [0.3, 0.4) is 0 Å². The lowest BCUT2D eigenvalue weighted by molar-refractivity contribution is -0.121. The van der Waals surface area contributed by atoms with E-state index in [9.17, 15) is 4.79 Å². The van der Waals surface area contributed by atoms with Gasteiger partial charge in [0, 0.05) is 6.42 Å². The second kappa shape index (κ2) is 16.4. The van der Waals surface area contributed by atoms with Crippen molar-refractivity contribution in [1.82, 2.24) is 5.32 Å². The Labute approximate surface area is 190 Å². The zero-order chi connectivity index (χ0) is 22.0. The third-order valence-electron chi connectivity index (χ3n) is 5.70. The van der Waals surface area contributed by atoms with E-state index in [4.69, 9.17) is 0 Å². The third-order valence-corrected chi connectivity index (χ3v) is 5.70. The summed E-state index contributed by atoms with van der Waals surface area (Å²) in [4.78, 5) is 12.2. The number of benzene rings is 1. The lowest BCUT2D eigenvalue weighted by Gasteiger charge is -2.13. The highest BCUT2D eigenvalue weighted by molar-refractivity contribution is 5.76. The van der Waals surface area contributed by atoms with Crippen molar-refractivity contribution in [3.8, 4) is 0 Å². The molecule has 1 aromatic carbocycles. The Kier molecular flexibility index (Phi) is 13.1. The molecule has 2 heteroatoms. The molecule has 1 unspecified atom stereocenters. The first-order valence-electron chi connectivity index (χ1n) is 12.3. The van der Waals surface area contributed by atoms with Crippen LogP contribution in [0.25, 0.3) is 0 Å². The number of hydrogen-bond donors (Lipinski definition) is 1. The smallest absolute Gasteiger partial charge is 0.220 e. The summed E-state index contributed by atoms with van der Waals surface area (Å²) in [5.74, 6) is 0.178. The van der Waals surface area contributed by atoms with E-state index >= 15 is 0 Å². The summed E-state index contributed by atoms with van der Waals surface area (Å²) in [7, 11) is 0. The molecule has 0 aliphatic heterocycles. The first-order chi connectivity index (χ1) is 15.3. The number of carbonyl (C=O) groups excluding carboxylic acids is 1. The largest absolute Gasteiger partial charge is 0.349 e. The number of nitrogens with one attached hydrogen (secondary N) is 1. The summed E-state index contributed by atoms with van der Waals surface area (Å²) in [6.07, 6.45) is 30.6. The average molecular weight is 420 g/mol. The Morgan fingerprint density at radius 2 is 1.48 bits per heavy atom. The Bertz CT molecular complexity index is 741. The number of aryl methyl sites for hydroxylation is 1. The standard InChI is InChI=1S/C29H41NO/c1-2-3-4-5-6-7-8-9-10-11-12-13-14-15-16-17-18-23-29(31)30-28-25-24-26-21-19-20-22-27(26)28/h6-7,9-10,12-13,15-16,19-22,28H,2-5,8,11,14,17-18,23-25H2,1H3,(H,30,31). The predicted octanol–water partition coefficient (Wildman–Crippen LogP) is 7.94. The van der Waals surface area contributed by atoms with Gasteiger partial charge >= 0.3 is 0 Å². The maximum absolute atomic E-state index is 12.2. The van der Waals surface area contributed by atoms with Gasteiger partial charge in [0.25, 0.3) is 0 Å². The Morgan fingerprint density at radius 3 is 2.16 bits per heavy atom. The molecule has 168 valence electrons. The van der Waals surface area contributed by atoms with Crippen molar-refractivity contribution >= 4 is 5.91 Å². The van der Waals surface area contributed by atoms with Gasteiger partial charge in [0.05, 0.1) is 6.04 Å². The van der Waals surface area contributed by atoms with Gasteiger partial charge in [-0.1, -0.05) is 92.6 Å². The van der Waals surface area contributed by atoms with Gasteiger partial charge in [-0.3, -0.25) is 4.79 Å². The average Bonchev–Trinajstić information content (AvgIpc) is 3.18. The minimum atomic E-state index is 0.178.